The van der Waals surface area contributed by atoms with Crippen LogP contribution < -0.4 is 14.3 Å². The Hall–Kier alpha value is -3.60. The number of hydrogen-bond acceptors (Lipinski definition) is 5. The molecule has 4 aromatic rings. The van der Waals surface area contributed by atoms with E-state index in [1.807, 2.05) is 30.3 Å². The van der Waals surface area contributed by atoms with Gasteiger partial charge in [0.1, 0.15) is 6.54 Å². The van der Waals surface area contributed by atoms with Crippen molar-refractivity contribution in [2.24, 2.45) is 0 Å². The minimum atomic E-state index is -3.89. The van der Waals surface area contributed by atoms with E-state index in [4.69, 9.17) is 11.6 Å². The fraction of sp³-hybridized carbons (Fsp3) is 0.0800. The van der Waals surface area contributed by atoms with Crippen molar-refractivity contribution in [2.75, 3.05) is 27.1 Å². The zero-order valence-electron chi connectivity index (χ0n) is 19.1. The highest BCUT2D eigenvalue weighted by atomic mass is 35.5. The summed E-state index contributed by atoms with van der Waals surface area (Å²) in [4.78, 5) is 12.6. The number of rotatable bonds is 8. The number of carbonyl (C=O) groups is 1. The molecule has 0 aliphatic heterocycles. The SMILES string of the molecule is CS(=O)(=O)N(CC(=O)Nc1ccc(S(=O)(=O)Nc2cccc3ccccc23)cc1)c1ccccc1Cl. The summed E-state index contributed by atoms with van der Waals surface area (Å²) in [5.41, 5.74) is 0.931. The first-order chi connectivity index (χ1) is 17.0. The van der Waals surface area contributed by atoms with E-state index < -0.39 is 32.5 Å². The molecule has 0 aliphatic carbocycles. The molecule has 0 spiro atoms. The average molecular weight is 544 g/mol. The van der Waals surface area contributed by atoms with Crippen LogP contribution in [0.5, 0.6) is 0 Å². The molecule has 186 valence electrons. The minimum Gasteiger partial charge on any atom is -0.325 e. The Morgan fingerprint density at radius 1 is 0.833 bits per heavy atom. The molecule has 8 nitrogen and oxygen atoms in total. The van der Waals surface area contributed by atoms with Gasteiger partial charge in [0, 0.05) is 11.1 Å². The molecule has 0 atom stereocenters. The number of nitrogens with one attached hydrogen (secondary N) is 2. The van der Waals surface area contributed by atoms with Crippen LogP contribution in [0.2, 0.25) is 5.02 Å². The number of halogens is 1. The normalized spacial score (nSPS) is 11.7. The summed E-state index contributed by atoms with van der Waals surface area (Å²) in [6.07, 6.45) is 0.978. The smallest absolute Gasteiger partial charge is 0.261 e. The minimum absolute atomic E-state index is 0.00210. The van der Waals surface area contributed by atoms with Crippen LogP contribution >= 0.6 is 11.6 Å². The maximum Gasteiger partial charge on any atom is 0.261 e. The van der Waals surface area contributed by atoms with E-state index in [1.54, 1.807) is 24.3 Å². The first-order valence-electron chi connectivity index (χ1n) is 10.7. The first-order valence-corrected chi connectivity index (χ1v) is 14.4. The third kappa shape index (κ3) is 5.78. The van der Waals surface area contributed by atoms with Crippen LogP contribution in [0.15, 0.2) is 95.9 Å². The van der Waals surface area contributed by atoms with E-state index >= 15 is 0 Å². The highest BCUT2D eigenvalue weighted by Gasteiger charge is 2.23. The second-order valence-electron chi connectivity index (χ2n) is 7.93. The van der Waals surface area contributed by atoms with E-state index in [-0.39, 0.29) is 15.6 Å². The topological polar surface area (TPSA) is 113 Å². The van der Waals surface area contributed by atoms with Crippen molar-refractivity contribution in [3.8, 4) is 0 Å². The summed E-state index contributed by atoms with van der Waals surface area (Å²) < 4.78 is 53.9. The number of fused-ring (bicyclic) bond motifs is 1. The van der Waals surface area contributed by atoms with E-state index in [1.165, 1.54) is 36.4 Å². The molecule has 0 aliphatic rings. The molecule has 36 heavy (non-hydrogen) atoms. The van der Waals surface area contributed by atoms with Gasteiger partial charge in [-0.15, -0.1) is 0 Å². The molecule has 2 N–H and O–H groups in total. The van der Waals surface area contributed by atoms with Crippen molar-refractivity contribution in [3.63, 3.8) is 0 Å². The molecular weight excluding hydrogens is 522 g/mol. The van der Waals surface area contributed by atoms with Crippen molar-refractivity contribution >= 4 is 65.4 Å². The second kappa shape index (κ2) is 10.2. The fourth-order valence-electron chi connectivity index (χ4n) is 3.60. The molecule has 0 heterocycles. The van der Waals surface area contributed by atoms with Gasteiger partial charge in [-0.25, -0.2) is 16.8 Å². The number of carbonyl (C=O) groups excluding carboxylic acids is 1. The highest BCUT2D eigenvalue weighted by molar-refractivity contribution is 7.92. The zero-order valence-corrected chi connectivity index (χ0v) is 21.4. The van der Waals surface area contributed by atoms with Crippen molar-refractivity contribution in [3.05, 3.63) is 96.0 Å². The molecular formula is C25H22ClN3O5S2. The molecule has 0 radical (unpaired) electrons. The Morgan fingerprint density at radius 2 is 1.47 bits per heavy atom. The Kier molecular flexibility index (Phi) is 7.21. The standard InChI is InChI=1S/C25H22ClN3O5S2/c1-35(31,32)29(24-12-5-4-10-22(24)26)17-25(30)27-19-13-15-20(16-14-19)36(33,34)28-23-11-6-8-18-7-2-3-9-21(18)23/h2-16,28H,17H2,1H3,(H,27,30). The van der Waals surface area contributed by atoms with E-state index in [0.717, 1.165) is 21.3 Å². The summed E-state index contributed by atoms with van der Waals surface area (Å²) in [7, 11) is -7.69. The molecule has 0 unspecified atom stereocenters. The predicted octanol–water partition coefficient (Wildman–Crippen LogP) is 4.70. The lowest BCUT2D eigenvalue weighted by Gasteiger charge is -2.22. The number of anilines is 3. The van der Waals surface area contributed by atoms with Gasteiger partial charge >= 0.3 is 0 Å². The zero-order chi connectivity index (χ0) is 25.9. The number of para-hydroxylation sites is 1. The van der Waals surface area contributed by atoms with Crippen LogP contribution in [0.4, 0.5) is 17.1 Å². The number of amides is 1. The Morgan fingerprint density at radius 3 is 2.17 bits per heavy atom. The van der Waals surface area contributed by atoms with Crippen LogP contribution in [0.25, 0.3) is 10.8 Å². The van der Waals surface area contributed by atoms with Gasteiger partial charge in [-0.05, 0) is 47.9 Å². The van der Waals surface area contributed by atoms with Gasteiger partial charge in [0.05, 0.1) is 27.5 Å². The molecule has 0 saturated heterocycles. The number of nitrogens with zero attached hydrogens (tertiary/aromatic N) is 1. The van der Waals surface area contributed by atoms with E-state index in [9.17, 15) is 21.6 Å². The van der Waals surface area contributed by atoms with Crippen LogP contribution in [-0.2, 0) is 24.8 Å². The van der Waals surface area contributed by atoms with Gasteiger partial charge < -0.3 is 5.32 Å². The third-order valence-corrected chi connectivity index (χ3v) is 8.12. The quantitative estimate of drug-likeness (QED) is 0.334. The maximum absolute atomic E-state index is 12.9. The van der Waals surface area contributed by atoms with Crippen LogP contribution in [0.1, 0.15) is 0 Å². The third-order valence-electron chi connectivity index (χ3n) is 5.29. The Bertz CT molecular complexity index is 1630. The lowest BCUT2D eigenvalue weighted by Crippen LogP contribution is -2.37. The molecule has 0 saturated carbocycles. The van der Waals surface area contributed by atoms with Gasteiger partial charge in [0.15, 0.2) is 0 Å². The summed E-state index contributed by atoms with van der Waals surface area (Å²) in [5.74, 6) is -0.621. The summed E-state index contributed by atoms with van der Waals surface area (Å²) >= 11 is 6.12. The number of benzene rings is 4. The lowest BCUT2D eigenvalue weighted by atomic mass is 10.1. The van der Waals surface area contributed by atoms with Crippen LogP contribution in [0.3, 0.4) is 0 Å². The molecule has 4 aromatic carbocycles. The van der Waals surface area contributed by atoms with Gasteiger partial charge in [-0.2, -0.15) is 0 Å². The summed E-state index contributed by atoms with van der Waals surface area (Å²) in [5, 5.41) is 4.43. The first kappa shape index (κ1) is 25.5. The Balaban J connectivity index is 1.49. The van der Waals surface area contributed by atoms with Crippen molar-refractivity contribution in [2.45, 2.75) is 4.90 Å². The number of sulfonamides is 2. The summed E-state index contributed by atoms with van der Waals surface area (Å²) in [6.45, 7) is -0.509. The monoisotopic (exact) mass is 543 g/mol. The second-order valence-corrected chi connectivity index (χ2v) is 11.9. The van der Waals surface area contributed by atoms with Gasteiger partial charge in [-0.3, -0.25) is 13.8 Å². The molecule has 0 fully saturated rings. The molecule has 1 amide bonds. The van der Waals surface area contributed by atoms with Crippen LogP contribution in [0, 0.1) is 0 Å². The maximum atomic E-state index is 12.9. The number of hydrogen-bond donors (Lipinski definition) is 2. The van der Waals surface area contributed by atoms with Crippen LogP contribution in [-0.4, -0.2) is 35.5 Å². The van der Waals surface area contributed by atoms with E-state index in [2.05, 4.69) is 10.0 Å². The largest absolute Gasteiger partial charge is 0.325 e. The van der Waals surface area contributed by atoms with Gasteiger partial charge in [0.2, 0.25) is 15.9 Å². The summed E-state index contributed by atoms with van der Waals surface area (Å²) in [6, 6.07) is 24.6. The van der Waals surface area contributed by atoms with Crippen molar-refractivity contribution in [1.29, 1.82) is 0 Å². The van der Waals surface area contributed by atoms with Gasteiger partial charge in [-0.1, -0.05) is 60.1 Å². The highest BCUT2D eigenvalue weighted by Crippen LogP contribution is 2.28. The Labute approximate surface area is 214 Å². The molecule has 11 heteroatoms. The predicted molar refractivity (Wildman–Crippen MR) is 143 cm³/mol. The van der Waals surface area contributed by atoms with Crippen molar-refractivity contribution in [1.82, 2.24) is 0 Å². The molecule has 4 rings (SSSR count). The lowest BCUT2D eigenvalue weighted by molar-refractivity contribution is -0.114. The van der Waals surface area contributed by atoms with E-state index in [0.29, 0.717) is 11.4 Å². The fourth-order valence-corrected chi connectivity index (χ4v) is 5.84. The van der Waals surface area contributed by atoms with Gasteiger partial charge in [0.25, 0.3) is 10.0 Å². The molecule has 0 bridgehead atoms. The average Bonchev–Trinajstić information content (AvgIpc) is 2.83. The van der Waals surface area contributed by atoms with Crippen molar-refractivity contribution < 1.29 is 21.6 Å². The molecule has 0 aromatic heterocycles.